The molecule has 1 saturated carbocycles. The number of carbonyl (C=O) groups is 2. The maximum atomic E-state index is 12.9. The number of nitrogens with zero attached hydrogens (tertiary/aromatic N) is 2. The van der Waals surface area contributed by atoms with Crippen LogP contribution in [0.3, 0.4) is 0 Å². The van der Waals surface area contributed by atoms with Gasteiger partial charge in [0.05, 0.1) is 18.3 Å². The molecule has 0 saturated heterocycles. The first-order chi connectivity index (χ1) is 13.9. The van der Waals surface area contributed by atoms with E-state index in [4.69, 9.17) is 14.2 Å². The molecular weight excluding hydrogens is 396 g/mol. The van der Waals surface area contributed by atoms with Gasteiger partial charge in [-0.1, -0.05) is 13.3 Å². The molecule has 2 aromatic rings. The zero-order valence-corrected chi connectivity index (χ0v) is 17.8. The first-order valence-corrected chi connectivity index (χ1v) is 10.6. The van der Waals surface area contributed by atoms with Gasteiger partial charge < -0.3 is 14.2 Å². The van der Waals surface area contributed by atoms with Crippen LogP contribution in [-0.2, 0) is 25.5 Å². The summed E-state index contributed by atoms with van der Waals surface area (Å²) in [6.45, 7) is 4.06. The molecule has 0 N–H and O–H groups in total. The van der Waals surface area contributed by atoms with Crippen LogP contribution in [0.4, 0.5) is 0 Å². The van der Waals surface area contributed by atoms with E-state index in [0.29, 0.717) is 33.2 Å². The van der Waals surface area contributed by atoms with Crippen LogP contribution in [-0.4, -0.2) is 47.9 Å². The number of aromatic nitrogens is 2. The van der Waals surface area contributed by atoms with Crippen LogP contribution in [0, 0.1) is 12.8 Å². The minimum atomic E-state index is -0.515. The SMILES string of the molecule is COCCOC(=O)c1sc2ncn(CC(=O)O[C@H]3CCC[C@@H](C)C3)c(=O)c2c1C. The van der Waals surface area contributed by atoms with E-state index >= 15 is 0 Å². The van der Waals surface area contributed by atoms with Gasteiger partial charge in [-0.15, -0.1) is 11.3 Å². The molecule has 2 aromatic heterocycles. The first-order valence-electron chi connectivity index (χ1n) is 9.74. The number of ether oxygens (including phenoxy) is 3. The molecular formula is C20H26N2O6S. The van der Waals surface area contributed by atoms with Crippen molar-refractivity contribution < 1.29 is 23.8 Å². The lowest BCUT2D eigenvalue weighted by atomic mass is 9.89. The fraction of sp³-hybridized carbons (Fsp3) is 0.600. The van der Waals surface area contributed by atoms with Crippen LogP contribution in [0.1, 0.15) is 47.8 Å². The second-order valence-electron chi connectivity index (χ2n) is 7.43. The predicted octanol–water partition coefficient (Wildman–Crippen LogP) is 2.69. The van der Waals surface area contributed by atoms with Gasteiger partial charge in [-0.3, -0.25) is 14.2 Å². The maximum Gasteiger partial charge on any atom is 0.348 e. The summed E-state index contributed by atoms with van der Waals surface area (Å²) >= 11 is 1.10. The standard InChI is InChI=1S/C20H26N2O6S/c1-12-5-4-6-14(9-12)28-15(23)10-22-11-21-18-16(19(22)24)13(2)17(29-18)20(25)27-8-7-26-3/h11-12,14H,4-10H2,1-3H3/t12-,14+/m1/s1. The van der Waals surface area contributed by atoms with E-state index in [2.05, 4.69) is 11.9 Å². The Morgan fingerprint density at radius 2 is 2.10 bits per heavy atom. The Morgan fingerprint density at radius 1 is 1.31 bits per heavy atom. The molecule has 158 valence electrons. The van der Waals surface area contributed by atoms with Crippen molar-refractivity contribution in [2.45, 2.75) is 52.2 Å². The fourth-order valence-corrected chi connectivity index (χ4v) is 4.63. The highest BCUT2D eigenvalue weighted by atomic mass is 32.1. The molecule has 0 bridgehead atoms. The molecule has 1 aliphatic carbocycles. The number of methoxy groups -OCH3 is 1. The topological polar surface area (TPSA) is 96.7 Å². The van der Waals surface area contributed by atoms with Crippen molar-refractivity contribution in [2.75, 3.05) is 20.3 Å². The van der Waals surface area contributed by atoms with Crippen LogP contribution in [0.25, 0.3) is 10.2 Å². The summed E-state index contributed by atoms with van der Waals surface area (Å²) in [4.78, 5) is 42.5. The van der Waals surface area contributed by atoms with Crippen molar-refractivity contribution in [3.8, 4) is 0 Å². The minimum Gasteiger partial charge on any atom is -0.461 e. The number of thiophene rings is 1. The fourth-order valence-electron chi connectivity index (χ4n) is 3.60. The molecule has 29 heavy (non-hydrogen) atoms. The summed E-state index contributed by atoms with van der Waals surface area (Å²) in [7, 11) is 1.52. The van der Waals surface area contributed by atoms with Crippen molar-refractivity contribution in [3.63, 3.8) is 0 Å². The zero-order chi connectivity index (χ0) is 21.0. The van der Waals surface area contributed by atoms with E-state index in [-0.39, 0.29) is 24.8 Å². The number of esters is 2. The van der Waals surface area contributed by atoms with Gasteiger partial charge in [0.25, 0.3) is 5.56 Å². The third-order valence-electron chi connectivity index (χ3n) is 5.11. The molecule has 8 nitrogen and oxygen atoms in total. The van der Waals surface area contributed by atoms with Crippen LogP contribution < -0.4 is 5.56 Å². The maximum absolute atomic E-state index is 12.9. The van der Waals surface area contributed by atoms with Gasteiger partial charge in [0, 0.05) is 7.11 Å². The normalized spacial score (nSPS) is 19.3. The molecule has 0 unspecified atom stereocenters. The summed E-state index contributed by atoms with van der Waals surface area (Å²) in [5.74, 6) is -0.420. The molecule has 2 heterocycles. The highest BCUT2D eigenvalue weighted by molar-refractivity contribution is 7.20. The lowest BCUT2D eigenvalue weighted by Crippen LogP contribution is -2.30. The molecule has 3 rings (SSSR count). The van der Waals surface area contributed by atoms with E-state index < -0.39 is 11.9 Å². The van der Waals surface area contributed by atoms with Gasteiger partial charge in [-0.2, -0.15) is 0 Å². The van der Waals surface area contributed by atoms with Crippen molar-refractivity contribution in [3.05, 3.63) is 27.1 Å². The Labute approximate surface area is 172 Å². The second kappa shape index (κ2) is 9.49. The summed E-state index contributed by atoms with van der Waals surface area (Å²) in [6, 6.07) is 0. The van der Waals surface area contributed by atoms with Gasteiger partial charge in [-0.05, 0) is 37.7 Å². The molecule has 1 aliphatic rings. The molecule has 2 atom stereocenters. The summed E-state index contributed by atoms with van der Waals surface area (Å²) < 4.78 is 16.8. The largest absolute Gasteiger partial charge is 0.461 e. The van der Waals surface area contributed by atoms with Crippen molar-refractivity contribution >= 4 is 33.5 Å². The third-order valence-corrected chi connectivity index (χ3v) is 6.29. The number of carbonyl (C=O) groups excluding carboxylic acids is 2. The second-order valence-corrected chi connectivity index (χ2v) is 8.43. The number of fused-ring (bicyclic) bond motifs is 1. The average molecular weight is 423 g/mol. The van der Waals surface area contributed by atoms with Gasteiger partial charge >= 0.3 is 11.9 Å². The van der Waals surface area contributed by atoms with Gasteiger partial charge in [-0.25, -0.2) is 9.78 Å². The molecule has 0 aromatic carbocycles. The Kier molecular flexibility index (Phi) is 7.02. The molecule has 9 heteroatoms. The average Bonchev–Trinajstić information content (AvgIpc) is 3.01. The van der Waals surface area contributed by atoms with Crippen molar-refractivity contribution in [1.29, 1.82) is 0 Å². The number of hydrogen-bond donors (Lipinski definition) is 0. The number of hydrogen-bond acceptors (Lipinski definition) is 8. The molecule has 0 amide bonds. The third kappa shape index (κ3) is 5.02. The zero-order valence-electron chi connectivity index (χ0n) is 16.9. The number of aryl methyl sites for hydroxylation is 1. The molecule has 0 aliphatic heterocycles. The highest BCUT2D eigenvalue weighted by Crippen LogP contribution is 2.28. The van der Waals surface area contributed by atoms with Crippen molar-refractivity contribution in [2.24, 2.45) is 5.92 Å². The Hall–Kier alpha value is -2.26. The van der Waals surface area contributed by atoms with E-state index in [1.807, 2.05) is 0 Å². The van der Waals surface area contributed by atoms with E-state index in [1.165, 1.54) is 18.0 Å². The minimum absolute atomic E-state index is 0.0880. The highest BCUT2D eigenvalue weighted by Gasteiger charge is 2.24. The Morgan fingerprint density at radius 3 is 2.83 bits per heavy atom. The lowest BCUT2D eigenvalue weighted by Gasteiger charge is -2.26. The Bertz CT molecular complexity index is 950. The monoisotopic (exact) mass is 422 g/mol. The quantitative estimate of drug-likeness (QED) is 0.500. The van der Waals surface area contributed by atoms with Crippen LogP contribution in [0.15, 0.2) is 11.1 Å². The molecule has 0 spiro atoms. The van der Waals surface area contributed by atoms with E-state index in [0.717, 1.165) is 37.0 Å². The van der Waals surface area contributed by atoms with Gasteiger partial charge in [0.1, 0.15) is 29.0 Å². The molecule has 1 fully saturated rings. The first kappa shape index (κ1) is 21.4. The lowest BCUT2D eigenvalue weighted by molar-refractivity contribution is -0.152. The number of rotatable bonds is 7. The van der Waals surface area contributed by atoms with Crippen LogP contribution in [0.5, 0.6) is 0 Å². The smallest absolute Gasteiger partial charge is 0.348 e. The van der Waals surface area contributed by atoms with Gasteiger partial charge in [0.2, 0.25) is 0 Å². The van der Waals surface area contributed by atoms with Crippen LogP contribution >= 0.6 is 11.3 Å². The van der Waals surface area contributed by atoms with Crippen molar-refractivity contribution in [1.82, 2.24) is 9.55 Å². The van der Waals surface area contributed by atoms with E-state index in [9.17, 15) is 14.4 Å². The Balaban J connectivity index is 1.75. The summed E-state index contributed by atoms with van der Waals surface area (Å²) in [6.07, 6.45) is 5.16. The van der Waals surface area contributed by atoms with Crippen LogP contribution in [0.2, 0.25) is 0 Å². The van der Waals surface area contributed by atoms with Gasteiger partial charge in [0.15, 0.2) is 0 Å². The predicted molar refractivity (Wildman–Crippen MR) is 108 cm³/mol. The summed E-state index contributed by atoms with van der Waals surface area (Å²) in [5.41, 5.74) is 0.141. The van der Waals surface area contributed by atoms with E-state index in [1.54, 1.807) is 6.92 Å². The summed E-state index contributed by atoms with van der Waals surface area (Å²) in [5, 5.41) is 0.329. The molecule has 0 radical (unpaired) electrons.